The molecule has 1 aromatic heterocycles. The van der Waals surface area contributed by atoms with Crippen molar-refractivity contribution in [2.75, 3.05) is 0 Å². The number of nitrogens with zero attached hydrogens (tertiary/aromatic N) is 3. The number of amides is 1. The van der Waals surface area contributed by atoms with Gasteiger partial charge in [0.15, 0.2) is 0 Å². The van der Waals surface area contributed by atoms with Crippen LogP contribution in [0.4, 0.5) is 5.69 Å². The Labute approximate surface area is 133 Å². The molecule has 2 aromatic rings. The molecule has 0 saturated carbocycles. The smallest absolute Gasteiger partial charge is 0.320 e. The summed E-state index contributed by atoms with van der Waals surface area (Å²) in [6.45, 7) is 4.08. The van der Waals surface area contributed by atoms with E-state index in [0.29, 0.717) is 0 Å². The maximum atomic E-state index is 12.6. The number of nitro groups is 1. The fraction of sp³-hybridized carbons (Fsp3) is 0.375. The van der Waals surface area contributed by atoms with Crippen LogP contribution in [0.3, 0.4) is 0 Å². The number of nitrogens with one attached hydrogen (secondary N) is 1. The summed E-state index contributed by atoms with van der Waals surface area (Å²) in [6, 6.07) is 6.06. The predicted molar refractivity (Wildman–Crippen MR) is 84.1 cm³/mol. The molecule has 23 heavy (non-hydrogen) atoms. The Kier molecular flexibility index (Phi) is 3.63. The minimum Gasteiger partial charge on any atom is -0.343 e. The Hall–Kier alpha value is -2.70. The molecule has 0 aliphatic heterocycles. The summed E-state index contributed by atoms with van der Waals surface area (Å²) in [6.07, 6.45) is 1.99. The standard InChI is InChI=1S/C16H18N4O3/c1-9-4-5-11-7-10(2)14(12(11)6-9)18-16(21)15-13(20(22)23)8-17-19(15)3/h4-6,8,10,14H,7H2,1-3H3,(H,18,21)/t10-,14+/m0/s1. The number of aromatic nitrogens is 2. The van der Waals surface area contributed by atoms with E-state index in [2.05, 4.69) is 35.5 Å². The van der Waals surface area contributed by atoms with Gasteiger partial charge in [-0.05, 0) is 30.4 Å². The summed E-state index contributed by atoms with van der Waals surface area (Å²) < 4.78 is 1.24. The average molecular weight is 314 g/mol. The van der Waals surface area contributed by atoms with E-state index in [1.165, 1.54) is 17.3 Å². The summed E-state index contributed by atoms with van der Waals surface area (Å²) in [5.74, 6) is -0.231. The number of hydrogen-bond acceptors (Lipinski definition) is 4. The molecule has 7 nitrogen and oxygen atoms in total. The molecule has 0 bridgehead atoms. The minimum absolute atomic E-state index is 0.0247. The van der Waals surface area contributed by atoms with E-state index in [-0.39, 0.29) is 23.3 Å². The number of rotatable bonds is 3. The second kappa shape index (κ2) is 5.49. The van der Waals surface area contributed by atoms with E-state index in [1.54, 1.807) is 0 Å². The van der Waals surface area contributed by atoms with Crippen molar-refractivity contribution in [1.29, 1.82) is 0 Å². The van der Waals surface area contributed by atoms with Gasteiger partial charge in [0, 0.05) is 7.05 Å². The topological polar surface area (TPSA) is 90.1 Å². The summed E-state index contributed by atoms with van der Waals surface area (Å²) >= 11 is 0. The molecule has 1 heterocycles. The first-order chi connectivity index (χ1) is 10.9. The van der Waals surface area contributed by atoms with Crippen LogP contribution in [-0.4, -0.2) is 20.6 Å². The third kappa shape index (κ3) is 2.58. The monoisotopic (exact) mass is 314 g/mol. The molecule has 0 radical (unpaired) electrons. The zero-order chi connectivity index (χ0) is 16.7. The summed E-state index contributed by atoms with van der Waals surface area (Å²) in [4.78, 5) is 23.0. The highest BCUT2D eigenvalue weighted by molar-refractivity contribution is 5.96. The van der Waals surface area contributed by atoms with Crippen LogP contribution in [0.15, 0.2) is 24.4 Å². The predicted octanol–water partition coefficient (Wildman–Crippen LogP) is 2.30. The molecule has 120 valence electrons. The Bertz CT molecular complexity index is 797. The van der Waals surface area contributed by atoms with Crippen LogP contribution < -0.4 is 5.32 Å². The Morgan fingerprint density at radius 3 is 2.91 bits per heavy atom. The quantitative estimate of drug-likeness (QED) is 0.695. The first-order valence-electron chi connectivity index (χ1n) is 7.45. The van der Waals surface area contributed by atoms with Gasteiger partial charge in [-0.2, -0.15) is 5.10 Å². The van der Waals surface area contributed by atoms with Crippen LogP contribution in [0.25, 0.3) is 0 Å². The van der Waals surface area contributed by atoms with Crippen molar-refractivity contribution in [2.45, 2.75) is 26.3 Å². The zero-order valence-electron chi connectivity index (χ0n) is 13.2. The van der Waals surface area contributed by atoms with Gasteiger partial charge >= 0.3 is 5.69 Å². The van der Waals surface area contributed by atoms with Gasteiger partial charge in [-0.15, -0.1) is 0 Å². The molecule has 1 amide bonds. The Balaban J connectivity index is 1.91. The van der Waals surface area contributed by atoms with E-state index in [4.69, 9.17) is 0 Å². The van der Waals surface area contributed by atoms with Gasteiger partial charge in [-0.25, -0.2) is 0 Å². The van der Waals surface area contributed by atoms with E-state index in [0.717, 1.165) is 23.7 Å². The van der Waals surface area contributed by atoms with Gasteiger partial charge in [-0.3, -0.25) is 19.6 Å². The number of benzene rings is 1. The average Bonchev–Trinajstić information content (AvgIpc) is 3.01. The van der Waals surface area contributed by atoms with Crippen molar-refractivity contribution in [3.05, 3.63) is 56.9 Å². The van der Waals surface area contributed by atoms with Crippen LogP contribution in [0, 0.1) is 23.0 Å². The van der Waals surface area contributed by atoms with E-state index < -0.39 is 10.8 Å². The lowest BCUT2D eigenvalue weighted by Crippen LogP contribution is -2.32. The van der Waals surface area contributed by atoms with Crippen LogP contribution in [-0.2, 0) is 13.5 Å². The summed E-state index contributed by atoms with van der Waals surface area (Å²) in [5, 5.41) is 17.8. The van der Waals surface area contributed by atoms with Gasteiger partial charge in [0.2, 0.25) is 5.69 Å². The Morgan fingerprint density at radius 1 is 1.48 bits per heavy atom. The molecular formula is C16H18N4O3. The number of carbonyl (C=O) groups excluding carboxylic acids is 1. The minimum atomic E-state index is -0.585. The highest BCUT2D eigenvalue weighted by Crippen LogP contribution is 2.36. The van der Waals surface area contributed by atoms with Crippen LogP contribution in [0.2, 0.25) is 0 Å². The van der Waals surface area contributed by atoms with E-state index >= 15 is 0 Å². The molecule has 0 spiro atoms. The number of hydrogen-bond donors (Lipinski definition) is 1. The maximum absolute atomic E-state index is 12.6. The molecular weight excluding hydrogens is 296 g/mol. The molecule has 1 N–H and O–H groups in total. The van der Waals surface area contributed by atoms with Crippen molar-refractivity contribution in [2.24, 2.45) is 13.0 Å². The molecule has 3 rings (SSSR count). The lowest BCUT2D eigenvalue weighted by molar-refractivity contribution is -0.385. The SMILES string of the molecule is Cc1ccc2c(c1)[C@H](NC(=O)c1c([N+](=O)[O-])cnn1C)[C@@H](C)C2. The highest BCUT2D eigenvalue weighted by Gasteiger charge is 2.33. The number of carbonyl (C=O) groups is 1. The van der Waals surface area contributed by atoms with Crippen molar-refractivity contribution < 1.29 is 9.72 Å². The lowest BCUT2D eigenvalue weighted by atomic mass is 10.0. The normalized spacial score (nSPS) is 19.4. The fourth-order valence-corrected chi connectivity index (χ4v) is 3.21. The third-order valence-corrected chi connectivity index (χ3v) is 4.37. The van der Waals surface area contributed by atoms with Crippen LogP contribution in [0.1, 0.15) is 40.1 Å². The zero-order valence-corrected chi connectivity index (χ0v) is 13.2. The number of aryl methyl sites for hydroxylation is 2. The van der Waals surface area contributed by atoms with Crippen molar-refractivity contribution in [1.82, 2.24) is 15.1 Å². The second-order valence-electron chi connectivity index (χ2n) is 6.09. The molecule has 0 fully saturated rings. The van der Waals surface area contributed by atoms with Gasteiger partial charge in [0.1, 0.15) is 6.20 Å². The molecule has 2 atom stereocenters. The van der Waals surface area contributed by atoms with Crippen molar-refractivity contribution >= 4 is 11.6 Å². The first kappa shape index (κ1) is 15.2. The summed E-state index contributed by atoms with van der Waals surface area (Å²) in [7, 11) is 1.53. The maximum Gasteiger partial charge on any atom is 0.320 e. The molecule has 0 saturated heterocycles. The Morgan fingerprint density at radius 2 is 2.22 bits per heavy atom. The first-order valence-corrected chi connectivity index (χ1v) is 7.45. The largest absolute Gasteiger partial charge is 0.343 e. The third-order valence-electron chi connectivity index (χ3n) is 4.37. The van der Waals surface area contributed by atoms with Crippen molar-refractivity contribution in [3.8, 4) is 0 Å². The van der Waals surface area contributed by atoms with E-state index in [1.807, 2.05) is 6.92 Å². The van der Waals surface area contributed by atoms with Gasteiger partial charge < -0.3 is 5.32 Å². The molecule has 1 aromatic carbocycles. The van der Waals surface area contributed by atoms with Gasteiger partial charge in [-0.1, -0.05) is 30.7 Å². The van der Waals surface area contributed by atoms with E-state index in [9.17, 15) is 14.9 Å². The van der Waals surface area contributed by atoms with Gasteiger partial charge in [0.25, 0.3) is 5.91 Å². The van der Waals surface area contributed by atoms with Crippen LogP contribution >= 0.6 is 0 Å². The summed E-state index contributed by atoms with van der Waals surface area (Å²) in [5.41, 5.74) is 3.13. The molecule has 1 aliphatic carbocycles. The van der Waals surface area contributed by atoms with Crippen LogP contribution in [0.5, 0.6) is 0 Å². The highest BCUT2D eigenvalue weighted by atomic mass is 16.6. The second-order valence-corrected chi connectivity index (χ2v) is 6.09. The lowest BCUT2D eigenvalue weighted by Gasteiger charge is -2.19. The number of fused-ring (bicyclic) bond motifs is 1. The fourth-order valence-electron chi connectivity index (χ4n) is 3.21. The van der Waals surface area contributed by atoms with Gasteiger partial charge in [0.05, 0.1) is 11.0 Å². The van der Waals surface area contributed by atoms with Crippen molar-refractivity contribution in [3.63, 3.8) is 0 Å². The molecule has 1 aliphatic rings. The molecule has 7 heteroatoms. The molecule has 0 unspecified atom stereocenters.